The van der Waals surface area contributed by atoms with Crippen LogP contribution >= 0.6 is 0 Å². The molecule has 0 spiro atoms. The summed E-state index contributed by atoms with van der Waals surface area (Å²) in [5.41, 5.74) is 0. The topological polar surface area (TPSA) is 81.1 Å². The average molecular weight is 270 g/mol. The molecule has 0 aromatic heterocycles. The smallest absolute Gasteiger partial charge is 0.326 e. The molecule has 3 atom stereocenters. The first kappa shape index (κ1) is 14.1. The van der Waals surface area contributed by atoms with Crippen molar-refractivity contribution in [3.8, 4) is 0 Å². The van der Waals surface area contributed by atoms with Crippen LogP contribution in [0.4, 0.5) is 4.79 Å². The molecule has 6 nitrogen and oxygen atoms in total. The molecular formula is C13H22N2O4. The van der Waals surface area contributed by atoms with Gasteiger partial charge in [0.05, 0.1) is 6.10 Å². The molecule has 1 unspecified atom stereocenters. The molecule has 0 radical (unpaired) electrons. The van der Waals surface area contributed by atoms with Gasteiger partial charge in [-0.2, -0.15) is 0 Å². The van der Waals surface area contributed by atoms with E-state index in [2.05, 4.69) is 13.8 Å². The molecule has 6 heteroatoms. The molecule has 2 aliphatic heterocycles. The van der Waals surface area contributed by atoms with Gasteiger partial charge in [0.2, 0.25) is 0 Å². The summed E-state index contributed by atoms with van der Waals surface area (Å²) in [5, 5.41) is 18.7. The summed E-state index contributed by atoms with van der Waals surface area (Å²) in [6.07, 6.45) is 0.369. The zero-order valence-corrected chi connectivity index (χ0v) is 11.5. The molecule has 0 aromatic rings. The van der Waals surface area contributed by atoms with Crippen LogP contribution in [-0.2, 0) is 4.79 Å². The second-order valence-electron chi connectivity index (χ2n) is 5.92. The second kappa shape index (κ2) is 5.36. The van der Waals surface area contributed by atoms with E-state index in [9.17, 15) is 14.7 Å². The van der Waals surface area contributed by atoms with Crippen molar-refractivity contribution < 1.29 is 19.8 Å². The van der Waals surface area contributed by atoms with Crippen molar-refractivity contribution in [1.82, 2.24) is 9.80 Å². The Morgan fingerprint density at radius 2 is 1.95 bits per heavy atom. The van der Waals surface area contributed by atoms with Crippen LogP contribution in [0, 0.1) is 11.8 Å². The number of amides is 2. The summed E-state index contributed by atoms with van der Waals surface area (Å²) >= 11 is 0. The van der Waals surface area contributed by atoms with Gasteiger partial charge in [-0.1, -0.05) is 13.8 Å². The molecule has 2 rings (SSSR count). The Morgan fingerprint density at radius 3 is 2.47 bits per heavy atom. The van der Waals surface area contributed by atoms with Crippen LogP contribution in [0.3, 0.4) is 0 Å². The SMILES string of the molecule is CC(C)C1CCN(C(=O)N2C[C@H](O)C[C@H]2C(=O)O)C1. The Morgan fingerprint density at radius 1 is 1.26 bits per heavy atom. The zero-order valence-electron chi connectivity index (χ0n) is 11.5. The number of rotatable bonds is 2. The summed E-state index contributed by atoms with van der Waals surface area (Å²) in [6, 6.07) is -1.13. The molecule has 2 amide bonds. The third-order valence-corrected chi connectivity index (χ3v) is 4.25. The lowest BCUT2D eigenvalue weighted by molar-refractivity contribution is -0.141. The van der Waals surface area contributed by atoms with Gasteiger partial charge in [-0.3, -0.25) is 0 Å². The molecule has 0 aliphatic carbocycles. The van der Waals surface area contributed by atoms with E-state index in [-0.39, 0.29) is 19.0 Å². The Hall–Kier alpha value is -1.30. The Labute approximate surface area is 113 Å². The number of aliphatic hydroxyl groups is 1. The lowest BCUT2D eigenvalue weighted by atomic mass is 9.95. The van der Waals surface area contributed by atoms with Gasteiger partial charge in [0, 0.05) is 26.1 Å². The normalized spacial score (nSPS) is 31.3. The van der Waals surface area contributed by atoms with Crippen molar-refractivity contribution in [2.45, 2.75) is 38.8 Å². The average Bonchev–Trinajstić information content (AvgIpc) is 2.94. The maximum Gasteiger partial charge on any atom is 0.326 e. The van der Waals surface area contributed by atoms with Crippen molar-refractivity contribution in [3.05, 3.63) is 0 Å². The molecule has 19 heavy (non-hydrogen) atoms. The molecule has 2 fully saturated rings. The number of carboxylic acid groups (broad SMARTS) is 1. The summed E-state index contributed by atoms with van der Waals surface area (Å²) in [4.78, 5) is 26.5. The van der Waals surface area contributed by atoms with Gasteiger partial charge in [-0.05, 0) is 18.3 Å². The number of likely N-dealkylation sites (tertiary alicyclic amines) is 2. The quantitative estimate of drug-likeness (QED) is 0.770. The van der Waals surface area contributed by atoms with Gasteiger partial charge < -0.3 is 20.0 Å². The standard InChI is InChI=1S/C13H22N2O4/c1-8(2)9-3-4-14(6-9)13(19)15-7-10(16)5-11(15)12(17)18/h8-11,16H,3-7H2,1-2H3,(H,17,18)/t9?,10-,11+/m1/s1. The summed E-state index contributed by atoms with van der Waals surface area (Å²) in [6.45, 7) is 5.77. The van der Waals surface area contributed by atoms with Gasteiger partial charge in [0.15, 0.2) is 0 Å². The van der Waals surface area contributed by atoms with E-state index in [4.69, 9.17) is 5.11 Å². The lowest BCUT2D eigenvalue weighted by Crippen LogP contribution is -2.47. The maximum absolute atomic E-state index is 12.4. The van der Waals surface area contributed by atoms with Crippen LogP contribution in [0.1, 0.15) is 26.7 Å². The van der Waals surface area contributed by atoms with E-state index in [0.717, 1.165) is 6.42 Å². The van der Waals surface area contributed by atoms with E-state index in [1.54, 1.807) is 4.90 Å². The minimum absolute atomic E-state index is 0.124. The van der Waals surface area contributed by atoms with Crippen molar-refractivity contribution in [2.24, 2.45) is 11.8 Å². The fraction of sp³-hybridized carbons (Fsp3) is 0.846. The van der Waals surface area contributed by atoms with E-state index in [1.807, 2.05) is 0 Å². The molecule has 2 N–H and O–H groups in total. The highest BCUT2D eigenvalue weighted by Crippen LogP contribution is 2.27. The molecular weight excluding hydrogens is 248 g/mol. The summed E-state index contributed by atoms with van der Waals surface area (Å²) in [7, 11) is 0. The number of carbonyl (C=O) groups excluding carboxylic acids is 1. The number of carbonyl (C=O) groups is 2. The van der Waals surface area contributed by atoms with Crippen LogP contribution in [0.2, 0.25) is 0 Å². The first-order valence-electron chi connectivity index (χ1n) is 6.86. The van der Waals surface area contributed by atoms with E-state index in [1.165, 1.54) is 4.90 Å². The van der Waals surface area contributed by atoms with Crippen LogP contribution < -0.4 is 0 Å². The van der Waals surface area contributed by atoms with Crippen molar-refractivity contribution in [1.29, 1.82) is 0 Å². The highest BCUT2D eigenvalue weighted by molar-refractivity contribution is 5.83. The van der Waals surface area contributed by atoms with E-state index >= 15 is 0 Å². The van der Waals surface area contributed by atoms with Crippen LogP contribution in [0.5, 0.6) is 0 Å². The van der Waals surface area contributed by atoms with E-state index < -0.39 is 18.1 Å². The third kappa shape index (κ3) is 2.83. The molecule has 0 saturated carbocycles. The number of aliphatic carboxylic acids is 1. The number of aliphatic hydroxyl groups excluding tert-OH is 1. The maximum atomic E-state index is 12.4. The largest absolute Gasteiger partial charge is 0.480 e. The number of nitrogens with zero attached hydrogens (tertiary/aromatic N) is 2. The first-order chi connectivity index (χ1) is 8.90. The number of carboxylic acids is 1. The second-order valence-corrected chi connectivity index (χ2v) is 5.92. The molecule has 2 heterocycles. The molecule has 0 aromatic carbocycles. The molecule has 108 valence electrons. The van der Waals surface area contributed by atoms with Crippen LogP contribution in [0.25, 0.3) is 0 Å². The molecule has 2 aliphatic rings. The van der Waals surface area contributed by atoms with Crippen LogP contribution in [-0.4, -0.2) is 63.8 Å². The van der Waals surface area contributed by atoms with Gasteiger partial charge >= 0.3 is 12.0 Å². The summed E-state index contributed by atoms with van der Waals surface area (Å²) < 4.78 is 0. The number of hydrogen-bond acceptors (Lipinski definition) is 3. The van der Waals surface area contributed by atoms with Crippen molar-refractivity contribution in [3.63, 3.8) is 0 Å². The van der Waals surface area contributed by atoms with Gasteiger partial charge in [0.25, 0.3) is 0 Å². The number of hydrogen-bond donors (Lipinski definition) is 2. The highest BCUT2D eigenvalue weighted by atomic mass is 16.4. The fourth-order valence-corrected chi connectivity index (χ4v) is 2.95. The Kier molecular flexibility index (Phi) is 3.99. The molecule has 2 saturated heterocycles. The van der Waals surface area contributed by atoms with Gasteiger partial charge in [0.1, 0.15) is 6.04 Å². The van der Waals surface area contributed by atoms with Gasteiger partial charge in [-0.25, -0.2) is 9.59 Å². The van der Waals surface area contributed by atoms with Crippen molar-refractivity contribution >= 4 is 12.0 Å². The highest BCUT2D eigenvalue weighted by Gasteiger charge is 2.42. The summed E-state index contributed by atoms with van der Waals surface area (Å²) in [5.74, 6) is -0.0264. The monoisotopic (exact) mass is 270 g/mol. The minimum Gasteiger partial charge on any atom is -0.480 e. The van der Waals surface area contributed by atoms with Crippen LogP contribution in [0.15, 0.2) is 0 Å². The lowest BCUT2D eigenvalue weighted by Gasteiger charge is -2.27. The fourth-order valence-electron chi connectivity index (χ4n) is 2.95. The minimum atomic E-state index is -1.04. The Bertz CT molecular complexity index is 372. The van der Waals surface area contributed by atoms with Crippen molar-refractivity contribution in [2.75, 3.05) is 19.6 Å². The zero-order chi connectivity index (χ0) is 14.2. The number of urea groups is 1. The first-order valence-corrected chi connectivity index (χ1v) is 6.86. The predicted octanol–water partition coefficient (Wildman–Crippen LogP) is 0.604. The third-order valence-electron chi connectivity index (χ3n) is 4.25. The number of β-amino-alcohol motifs (C(OH)–C–C–N with tert-alkyl or cyclic N) is 1. The van der Waals surface area contributed by atoms with E-state index in [0.29, 0.717) is 24.9 Å². The predicted molar refractivity (Wildman–Crippen MR) is 68.7 cm³/mol. The van der Waals surface area contributed by atoms with Gasteiger partial charge in [-0.15, -0.1) is 0 Å². The Balaban J connectivity index is 2.01. The molecule has 0 bridgehead atoms.